The molecule has 0 saturated heterocycles. The second-order valence-electron chi connectivity index (χ2n) is 5.59. The third-order valence-corrected chi connectivity index (χ3v) is 4.72. The number of hydrogen-bond acceptors (Lipinski definition) is 5. The van der Waals surface area contributed by atoms with Crippen LogP contribution in [0.1, 0.15) is 12.2 Å². The van der Waals surface area contributed by atoms with Crippen LogP contribution in [0.3, 0.4) is 0 Å². The van der Waals surface area contributed by atoms with Crippen molar-refractivity contribution in [3.63, 3.8) is 0 Å². The van der Waals surface area contributed by atoms with E-state index in [1.165, 1.54) is 11.3 Å². The number of thiazole rings is 1. The second-order valence-corrected chi connectivity index (χ2v) is 6.44. The number of hydrogen-bond donors (Lipinski definition) is 2. The van der Waals surface area contributed by atoms with E-state index >= 15 is 0 Å². The third kappa shape index (κ3) is 3.00. The van der Waals surface area contributed by atoms with E-state index in [0.717, 1.165) is 34.9 Å². The summed E-state index contributed by atoms with van der Waals surface area (Å²) >= 11 is 1.41. The van der Waals surface area contributed by atoms with E-state index in [2.05, 4.69) is 25.7 Å². The molecule has 0 spiro atoms. The average molecular weight is 340 g/mol. The van der Waals surface area contributed by atoms with Gasteiger partial charge < -0.3 is 5.32 Å². The predicted molar refractivity (Wildman–Crippen MR) is 91.8 cm³/mol. The maximum Gasteiger partial charge on any atom is 0.320 e. The zero-order valence-corrected chi connectivity index (χ0v) is 13.7. The van der Waals surface area contributed by atoms with Crippen LogP contribution in [0.5, 0.6) is 0 Å². The molecule has 0 saturated carbocycles. The van der Waals surface area contributed by atoms with Crippen molar-refractivity contribution in [1.29, 1.82) is 0 Å². The van der Waals surface area contributed by atoms with E-state index in [9.17, 15) is 4.79 Å². The van der Waals surface area contributed by atoms with Gasteiger partial charge in [-0.1, -0.05) is 30.3 Å². The first-order valence-electron chi connectivity index (χ1n) is 7.73. The molecule has 2 amide bonds. The fourth-order valence-electron chi connectivity index (χ4n) is 2.82. The van der Waals surface area contributed by atoms with Gasteiger partial charge in [-0.25, -0.2) is 19.4 Å². The number of nitrogens with one attached hydrogen (secondary N) is 2. The number of anilines is 1. The topological polar surface area (TPSA) is 84.7 Å². The minimum Gasteiger partial charge on any atom is -0.333 e. The van der Waals surface area contributed by atoms with Crippen LogP contribution in [0, 0.1) is 0 Å². The lowest BCUT2D eigenvalue weighted by molar-refractivity contribution is 0.243. The number of aromatic nitrogens is 4. The van der Waals surface area contributed by atoms with Crippen LogP contribution < -0.4 is 10.6 Å². The lowest BCUT2D eigenvalue weighted by atomic mass is 10.1. The van der Waals surface area contributed by atoms with E-state index in [0.29, 0.717) is 6.54 Å². The normalized spacial score (nSPS) is 16.4. The van der Waals surface area contributed by atoms with Crippen molar-refractivity contribution in [3.8, 4) is 11.3 Å². The molecule has 0 bridgehead atoms. The van der Waals surface area contributed by atoms with Gasteiger partial charge in [0, 0.05) is 12.0 Å². The maximum atomic E-state index is 12.3. The Morgan fingerprint density at radius 3 is 3.00 bits per heavy atom. The predicted octanol–water partition coefficient (Wildman–Crippen LogP) is 2.54. The fourth-order valence-corrected chi connectivity index (χ4v) is 3.51. The summed E-state index contributed by atoms with van der Waals surface area (Å²) in [4.78, 5) is 20.9. The van der Waals surface area contributed by atoms with Gasteiger partial charge in [0.15, 0.2) is 0 Å². The molecule has 1 aromatic carbocycles. The van der Waals surface area contributed by atoms with Crippen LogP contribution in [0.2, 0.25) is 0 Å². The summed E-state index contributed by atoms with van der Waals surface area (Å²) in [5.74, 6) is 0.974. The van der Waals surface area contributed by atoms with Crippen LogP contribution in [0.4, 0.5) is 9.80 Å². The van der Waals surface area contributed by atoms with Gasteiger partial charge >= 0.3 is 6.03 Å². The molecule has 2 N–H and O–H groups in total. The first-order chi connectivity index (χ1) is 11.8. The lowest BCUT2D eigenvalue weighted by Crippen LogP contribution is -2.43. The molecule has 122 valence electrons. The van der Waals surface area contributed by atoms with Crippen molar-refractivity contribution in [2.75, 3.05) is 5.32 Å². The van der Waals surface area contributed by atoms with Gasteiger partial charge in [0.25, 0.3) is 0 Å². The summed E-state index contributed by atoms with van der Waals surface area (Å²) in [5, 5.41) is 10.8. The number of rotatable bonds is 3. The van der Waals surface area contributed by atoms with Gasteiger partial charge in [0.2, 0.25) is 0 Å². The number of aryl methyl sites for hydroxylation is 1. The summed E-state index contributed by atoms with van der Waals surface area (Å²) in [6.45, 7) is 0.650. The summed E-state index contributed by atoms with van der Waals surface area (Å²) in [5.41, 5.74) is 3.51. The molecule has 0 unspecified atom stereocenters. The van der Waals surface area contributed by atoms with Gasteiger partial charge in [-0.15, -0.1) is 11.3 Å². The Bertz CT molecular complexity index is 843. The average Bonchev–Trinajstić information content (AvgIpc) is 3.24. The van der Waals surface area contributed by atoms with E-state index in [-0.39, 0.29) is 12.1 Å². The van der Waals surface area contributed by atoms with Crippen molar-refractivity contribution in [3.05, 3.63) is 48.0 Å². The van der Waals surface area contributed by atoms with Crippen molar-refractivity contribution in [1.82, 2.24) is 25.1 Å². The number of carbonyl (C=O) groups is 1. The number of fused-ring (bicyclic) bond motifs is 1. The van der Waals surface area contributed by atoms with Gasteiger partial charge in [-0.2, -0.15) is 5.10 Å². The van der Waals surface area contributed by atoms with Gasteiger partial charge in [-0.05, 0) is 6.42 Å². The molecule has 24 heavy (non-hydrogen) atoms. The van der Waals surface area contributed by atoms with Crippen LogP contribution in [-0.4, -0.2) is 31.8 Å². The number of benzene rings is 1. The Labute approximate surface area is 142 Å². The molecular formula is C16H16N6OS. The Morgan fingerprint density at radius 2 is 2.12 bits per heavy atom. The number of carbonyl (C=O) groups excluding carboxylic acids is 1. The van der Waals surface area contributed by atoms with Crippen molar-refractivity contribution < 1.29 is 4.79 Å². The van der Waals surface area contributed by atoms with Crippen molar-refractivity contribution in [2.45, 2.75) is 25.4 Å². The van der Waals surface area contributed by atoms with Crippen LogP contribution >= 0.6 is 11.3 Å². The second kappa shape index (κ2) is 6.40. The van der Waals surface area contributed by atoms with Gasteiger partial charge in [0.05, 0.1) is 18.1 Å². The highest BCUT2D eigenvalue weighted by Gasteiger charge is 2.22. The smallest absolute Gasteiger partial charge is 0.320 e. The van der Waals surface area contributed by atoms with E-state index in [4.69, 9.17) is 0 Å². The molecule has 1 aliphatic heterocycles. The summed E-state index contributed by atoms with van der Waals surface area (Å²) in [6, 6.07) is 9.65. The van der Waals surface area contributed by atoms with Crippen LogP contribution in [-0.2, 0) is 13.0 Å². The minimum absolute atomic E-state index is 0.0484. The standard InChI is InChI=1S/C16H16N6OS/c23-16(20-12-6-7-13-17-9-19-22(13)8-12)21-15-14(18-10-24-15)11-4-2-1-3-5-11/h1-5,9-10,12H,6-8H2,(H2,20,21,23)/t12-/m1/s1. The summed E-state index contributed by atoms with van der Waals surface area (Å²) in [6.07, 6.45) is 3.24. The minimum atomic E-state index is -0.218. The summed E-state index contributed by atoms with van der Waals surface area (Å²) in [7, 11) is 0. The Hall–Kier alpha value is -2.74. The highest BCUT2D eigenvalue weighted by molar-refractivity contribution is 7.14. The number of amides is 2. The maximum absolute atomic E-state index is 12.3. The highest BCUT2D eigenvalue weighted by atomic mass is 32.1. The molecular weight excluding hydrogens is 324 g/mol. The van der Waals surface area contributed by atoms with Gasteiger partial charge in [-0.3, -0.25) is 5.32 Å². The molecule has 0 fully saturated rings. The molecule has 4 rings (SSSR count). The zero-order valence-electron chi connectivity index (χ0n) is 12.8. The van der Waals surface area contributed by atoms with Crippen molar-refractivity contribution in [2.24, 2.45) is 0 Å². The Kier molecular flexibility index (Phi) is 3.96. The van der Waals surface area contributed by atoms with Crippen LogP contribution in [0.15, 0.2) is 42.2 Å². The van der Waals surface area contributed by atoms with Gasteiger partial charge in [0.1, 0.15) is 22.8 Å². The molecule has 2 aromatic heterocycles. The number of urea groups is 1. The molecule has 1 atom stereocenters. The van der Waals surface area contributed by atoms with E-state index in [1.54, 1.807) is 11.8 Å². The van der Waals surface area contributed by atoms with E-state index < -0.39 is 0 Å². The quantitative estimate of drug-likeness (QED) is 0.767. The molecule has 8 heteroatoms. The molecule has 0 radical (unpaired) electrons. The first kappa shape index (κ1) is 14.8. The Morgan fingerprint density at radius 1 is 1.25 bits per heavy atom. The largest absolute Gasteiger partial charge is 0.333 e. The molecule has 3 heterocycles. The van der Waals surface area contributed by atoms with Crippen LogP contribution in [0.25, 0.3) is 11.3 Å². The van der Waals surface area contributed by atoms with Crippen molar-refractivity contribution >= 4 is 22.4 Å². The highest BCUT2D eigenvalue weighted by Crippen LogP contribution is 2.30. The lowest BCUT2D eigenvalue weighted by Gasteiger charge is -2.23. The Balaban J connectivity index is 1.42. The van der Waals surface area contributed by atoms with E-state index in [1.807, 2.05) is 35.0 Å². The SMILES string of the molecule is O=C(Nc1scnc1-c1ccccc1)N[C@@H]1CCc2ncnn2C1. The molecule has 3 aromatic rings. The third-order valence-electron chi connectivity index (χ3n) is 3.98. The molecule has 7 nitrogen and oxygen atoms in total. The summed E-state index contributed by atoms with van der Waals surface area (Å²) < 4.78 is 1.84. The zero-order chi connectivity index (χ0) is 16.4. The first-order valence-corrected chi connectivity index (χ1v) is 8.60. The monoisotopic (exact) mass is 340 g/mol. The number of nitrogens with zero attached hydrogens (tertiary/aromatic N) is 4. The molecule has 0 aliphatic carbocycles. The fraction of sp³-hybridized carbons (Fsp3) is 0.250. The molecule has 1 aliphatic rings.